The maximum absolute atomic E-state index is 11.3. The van der Waals surface area contributed by atoms with Gasteiger partial charge in [0.1, 0.15) is 0 Å². The Hall–Kier alpha value is -0.870. The molecule has 0 saturated heterocycles. The molecule has 0 radical (unpaired) electrons. The average molecular weight is 369 g/mol. The molecule has 4 nitrogen and oxygen atoms in total. The summed E-state index contributed by atoms with van der Waals surface area (Å²) in [5.74, 6) is 0.591. The number of hydrogen-bond donors (Lipinski definition) is 2. The molecule has 1 rings (SSSR count). The van der Waals surface area contributed by atoms with E-state index in [-0.39, 0.29) is 18.2 Å². The van der Waals surface area contributed by atoms with Crippen LogP contribution in [0, 0.1) is 11.8 Å². The topological polar surface area (TPSA) is 66.8 Å². The van der Waals surface area contributed by atoms with E-state index in [1.807, 2.05) is 13.0 Å². The normalized spacial score (nSPS) is 23.3. The standard InChI is InChI=1S/C22H40O4/c1-3-5-8-11-19(23)16-14-18-15-17-21(24)20(18)12-9-6-7-10-13-22(25)26-4-2/h15,17-21,23-24H,3-14,16H2,1-2H3/t18-,19?,20-,21+/m0/s1. The van der Waals surface area contributed by atoms with Crippen molar-refractivity contribution in [2.45, 2.75) is 103 Å². The molecule has 1 aliphatic carbocycles. The molecule has 0 spiro atoms. The molecule has 0 bridgehead atoms. The molecular weight excluding hydrogens is 328 g/mol. The quantitative estimate of drug-likeness (QED) is 0.248. The Balaban J connectivity index is 2.16. The average Bonchev–Trinajstić information content (AvgIpc) is 2.96. The van der Waals surface area contributed by atoms with Gasteiger partial charge in [-0.05, 0) is 50.9 Å². The molecule has 0 amide bonds. The molecule has 152 valence electrons. The van der Waals surface area contributed by atoms with E-state index in [1.165, 1.54) is 12.8 Å². The predicted molar refractivity (Wildman–Crippen MR) is 106 cm³/mol. The summed E-state index contributed by atoms with van der Waals surface area (Å²) in [6.07, 6.45) is 15.4. The molecule has 0 fully saturated rings. The fraction of sp³-hybridized carbons (Fsp3) is 0.864. The van der Waals surface area contributed by atoms with E-state index in [0.29, 0.717) is 24.9 Å². The molecule has 0 aromatic carbocycles. The highest BCUT2D eigenvalue weighted by Gasteiger charge is 2.29. The molecule has 0 aromatic heterocycles. The Morgan fingerprint density at radius 2 is 1.77 bits per heavy atom. The first-order valence-corrected chi connectivity index (χ1v) is 10.8. The lowest BCUT2D eigenvalue weighted by Gasteiger charge is -2.23. The molecule has 1 aliphatic rings. The van der Waals surface area contributed by atoms with Gasteiger partial charge in [0.2, 0.25) is 0 Å². The summed E-state index contributed by atoms with van der Waals surface area (Å²) in [5.41, 5.74) is 0. The molecule has 4 atom stereocenters. The molecule has 1 unspecified atom stereocenters. The number of carbonyl (C=O) groups excluding carboxylic acids is 1. The molecule has 4 heteroatoms. The fourth-order valence-electron chi connectivity index (χ4n) is 3.89. The Bertz CT molecular complexity index is 394. The van der Waals surface area contributed by atoms with Gasteiger partial charge in [0.15, 0.2) is 0 Å². The summed E-state index contributed by atoms with van der Waals surface area (Å²) in [7, 11) is 0. The van der Waals surface area contributed by atoms with E-state index in [0.717, 1.165) is 57.8 Å². The van der Waals surface area contributed by atoms with Crippen molar-refractivity contribution in [1.82, 2.24) is 0 Å². The second-order valence-corrected chi connectivity index (χ2v) is 7.69. The monoisotopic (exact) mass is 368 g/mol. The van der Waals surface area contributed by atoms with Crippen LogP contribution in [-0.2, 0) is 9.53 Å². The highest BCUT2D eigenvalue weighted by atomic mass is 16.5. The summed E-state index contributed by atoms with van der Waals surface area (Å²) >= 11 is 0. The number of hydrogen-bond acceptors (Lipinski definition) is 4. The summed E-state index contributed by atoms with van der Waals surface area (Å²) in [5, 5.41) is 20.3. The van der Waals surface area contributed by atoms with Crippen molar-refractivity contribution in [3.05, 3.63) is 12.2 Å². The zero-order chi connectivity index (χ0) is 19.2. The lowest BCUT2D eigenvalue weighted by Crippen LogP contribution is -2.21. The van der Waals surface area contributed by atoms with Crippen molar-refractivity contribution in [2.75, 3.05) is 6.61 Å². The van der Waals surface area contributed by atoms with Crippen LogP contribution in [0.25, 0.3) is 0 Å². The van der Waals surface area contributed by atoms with Gasteiger partial charge in [-0.3, -0.25) is 4.79 Å². The third-order valence-corrected chi connectivity index (χ3v) is 5.49. The number of aliphatic hydroxyl groups excluding tert-OH is 2. The number of rotatable bonds is 15. The van der Waals surface area contributed by atoms with Gasteiger partial charge < -0.3 is 14.9 Å². The number of esters is 1. The van der Waals surface area contributed by atoms with Gasteiger partial charge in [-0.25, -0.2) is 0 Å². The highest BCUT2D eigenvalue weighted by Crippen LogP contribution is 2.34. The SMILES string of the molecule is CCCCCC(O)CC[C@H]1C=C[C@@H](O)[C@H]1CCCCCCC(=O)OCC. The van der Waals surface area contributed by atoms with Crippen LogP contribution in [0.5, 0.6) is 0 Å². The Morgan fingerprint density at radius 1 is 1.00 bits per heavy atom. The molecule has 0 saturated carbocycles. The van der Waals surface area contributed by atoms with Crippen LogP contribution in [0.2, 0.25) is 0 Å². The van der Waals surface area contributed by atoms with E-state index in [9.17, 15) is 15.0 Å². The van der Waals surface area contributed by atoms with Gasteiger partial charge in [0.05, 0.1) is 18.8 Å². The molecule has 2 N–H and O–H groups in total. The van der Waals surface area contributed by atoms with Crippen LogP contribution in [0.3, 0.4) is 0 Å². The predicted octanol–water partition coefficient (Wildman–Crippen LogP) is 4.77. The van der Waals surface area contributed by atoms with Crippen LogP contribution in [0.1, 0.15) is 90.9 Å². The summed E-state index contributed by atoms with van der Waals surface area (Å²) in [6.45, 7) is 4.47. The van der Waals surface area contributed by atoms with Gasteiger partial charge in [-0.2, -0.15) is 0 Å². The summed E-state index contributed by atoms with van der Waals surface area (Å²) in [4.78, 5) is 11.3. The number of aliphatic hydroxyl groups is 2. The lowest BCUT2D eigenvalue weighted by atomic mass is 9.85. The van der Waals surface area contributed by atoms with Crippen LogP contribution in [0.15, 0.2) is 12.2 Å². The van der Waals surface area contributed by atoms with E-state index >= 15 is 0 Å². The van der Waals surface area contributed by atoms with Crippen molar-refractivity contribution < 1.29 is 19.7 Å². The van der Waals surface area contributed by atoms with Crippen LogP contribution in [0.4, 0.5) is 0 Å². The zero-order valence-electron chi connectivity index (χ0n) is 16.9. The van der Waals surface area contributed by atoms with Gasteiger partial charge in [-0.1, -0.05) is 57.6 Å². The maximum Gasteiger partial charge on any atom is 0.305 e. The minimum absolute atomic E-state index is 0.0968. The van der Waals surface area contributed by atoms with Gasteiger partial charge in [0.25, 0.3) is 0 Å². The Morgan fingerprint density at radius 3 is 2.50 bits per heavy atom. The van der Waals surface area contributed by atoms with Crippen LogP contribution in [-0.4, -0.2) is 35.0 Å². The first-order valence-electron chi connectivity index (χ1n) is 10.8. The zero-order valence-corrected chi connectivity index (χ0v) is 16.9. The van der Waals surface area contributed by atoms with Crippen LogP contribution >= 0.6 is 0 Å². The Labute approximate surface area is 160 Å². The van der Waals surface area contributed by atoms with Crippen molar-refractivity contribution in [3.8, 4) is 0 Å². The summed E-state index contributed by atoms with van der Waals surface area (Å²) in [6, 6.07) is 0. The molecule has 0 heterocycles. The summed E-state index contributed by atoms with van der Waals surface area (Å²) < 4.78 is 4.93. The number of carbonyl (C=O) groups is 1. The first-order chi connectivity index (χ1) is 12.6. The lowest BCUT2D eigenvalue weighted by molar-refractivity contribution is -0.143. The maximum atomic E-state index is 11.3. The largest absolute Gasteiger partial charge is 0.466 e. The number of allylic oxidation sites excluding steroid dienone is 1. The van der Waals surface area contributed by atoms with Crippen molar-refractivity contribution in [3.63, 3.8) is 0 Å². The highest BCUT2D eigenvalue weighted by molar-refractivity contribution is 5.69. The van der Waals surface area contributed by atoms with Gasteiger partial charge in [0, 0.05) is 6.42 Å². The second kappa shape index (κ2) is 14.2. The van der Waals surface area contributed by atoms with E-state index in [4.69, 9.17) is 4.74 Å². The van der Waals surface area contributed by atoms with Crippen molar-refractivity contribution in [1.29, 1.82) is 0 Å². The Kier molecular flexibility index (Phi) is 12.7. The van der Waals surface area contributed by atoms with E-state index in [1.54, 1.807) is 0 Å². The third kappa shape index (κ3) is 9.72. The van der Waals surface area contributed by atoms with E-state index < -0.39 is 0 Å². The third-order valence-electron chi connectivity index (χ3n) is 5.49. The molecule has 0 aromatic rings. The van der Waals surface area contributed by atoms with Crippen molar-refractivity contribution in [2.24, 2.45) is 11.8 Å². The van der Waals surface area contributed by atoms with E-state index in [2.05, 4.69) is 13.0 Å². The second-order valence-electron chi connectivity index (χ2n) is 7.69. The van der Waals surface area contributed by atoms with Crippen LogP contribution < -0.4 is 0 Å². The minimum Gasteiger partial charge on any atom is -0.466 e. The minimum atomic E-state index is -0.336. The molecule has 0 aliphatic heterocycles. The van der Waals surface area contributed by atoms with Gasteiger partial charge >= 0.3 is 5.97 Å². The van der Waals surface area contributed by atoms with Crippen molar-refractivity contribution >= 4 is 5.97 Å². The van der Waals surface area contributed by atoms with Gasteiger partial charge in [-0.15, -0.1) is 0 Å². The number of ether oxygens (including phenoxy) is 1. The fourth-order valence-corrected chi connectivity index (χ4v) is 3.89. The smallest absolute Gasteiger partial charge is 0.305 e. The number of unbranched alkanes of at least 4 members (excludes halogenated alkanes) is 5. The first kappa shape index (κ1) is 23.2. The molecule has 26 heavy (non-hydrogen) atoms. The molecular formula is C22H40O4.